The van der Waals surface area contributed by atoms with Crippen LogP contribution < -0.4 is 21.4 Å². The minimum absolute atomic E-state index is 0.0461. The predicted octanol–water partition coefficient (Wildman–Crippen LogP) is 5.81. The van der Waals surface area contributed by atoms with Crippen molar-refractivity contribution in [1.29, 1.82) is 0 Å². The van der Waals surface area contributed by atoms with Crippen molar-refractivity contribution in [2.75, 3.05) is 58.5 Å². The minimum Gasteiger partial charge on any atom is -0.478 e. The van der Waals surface area contributed by atoms with Gasteiger partial charge in [-0.25, -0.2) is 4.79 Å². The van der Waals surface area contributed by atoms with Crippen LogP contribution in [0.5, 0.6) is 0 Å². The molecule has 0 radical (unpaired) electrons. The zero-order valence-electron chi connectivity index (χ0n) is 26.8. The number of aromatic carboxylic acids is 1. The molecule has 0 aliphatic rings. The van der Waals surface area contributed by atoms with Crippen molar-refractivity contribution in [2.45, 2.75) is 25.7 Å². The third-order valence-corrected chi connectivity index (χ3v) is 8.10. The van der Waals surface area contributed by atoms with Gasteiger partial charge >= 0.3 is 5.97 Å². The molecule has 4 aromatic carbocycles. The van der Waals surface area contributed by atoms with E-state index < -0.39 is 5.97 Å². The molecule has 0 spiro atoms. The summed E-state index contributed by atoms with van der Waals surface area (Å²) >= 11 is 0. The number of benzene rings is 4. The van der Waals surface area contributed by atoms with E-state index in [0.717, 1.165) is 43.3 Å². The number of nitrogens with two attached hydrogens (primary N) is 1. The summed E-state index contributed by atoms with van der Waals surface area (Å²) in [5, 5.41) is 15.9. The first-order valence-corrected chi connectivity index (χ1v) is 15.9. The lowest BCUT2D eigenvalue weighted by Crippen LogP contribution is -2.27. The monoisotopic (exact) mass is 639 g/mol. The molecule has 0 saturated heterocycles. The number of fused-ring (bicyclic) bond motifs is 4. The van der Waals surface area contributed by atoms with Crippen LogP contribution in [-0.4, -0.2) is 70.6 Å². The summed E-state index contributed by atoms with van der Waals surface area (Å²) in [6.45, 7) is 2.92. The van der Waals surface area contributed by atoms with E-state index in [1.807, 2.05) is 49.3 Å². The van der Waals surface area contributed by atoms with Crippen molar-refractivity contribution in [2.24, 2.45) is 5.73 Å². The van der Waals surface area contributed by atoms with Crippen LogP contribution in [0, 0.1) is 0 Å². The van der Waals surface area contributed by atoms with Gasteiger partial charge in [0.05, 0.1) is 25.4 Å². The summed E-state index contributed by atoms with van der Waals surface area (Å²) in [6, 6.07) is 18.7. The second-order valence-electron chi connectivity index (χ2n) is 11.6. The van der Waals surface area contributed by atoms with Crippen LogP contribution >= 0.6 is 0 Å². The highest BCUT2D eigenvalue weighted by Gasteiger charge is 2.22. The van der Waals surface area contributed by atoms with E-state index in [9.17, 15) is 19.5 Å². The van der Waals surface area contributed by atoms with Crippen LogP contribution in [0.4, 0.5) is 5.69 Å². The molecule has 0 saturated carbocycles. The molecule has 1 aromatic heterocycles. The summed E-state index contributed by atoms with van der Waals surface area (Å²) < 4.78 is 17.7. The van der Waals surface area contributed by atoms with Crippen LogP contribution in [0.15, 0.2) is 75.9 Å². The maximum Gasteiger partial charge on any atom is 0.336 e. The lowest BCUT2D eigenvalue weighted by molar-refractivity contribution is 0.0468. The third kappa shape index (κ3) is 7.97. The molecule has 0 bridgehead atoms. The SMILES string of the molecule is CN(C)c1ccc2c(-c3cc(C(=O)NCCOCCOCCCCCCN)ccc3C(=O)O)c3ccc4cc(=O)ccc4c3oc2c1. The summed E-state index contributed by atoms with van der Waals surface area (Å²) in [7, 11) is 3.84. The quantitative estimate of drug-likeness (QED) is 0.0692. The highest BCUT2D eigenvalue weighted by atomic mass is 16.5. The molecule has 0 fully saturated rings. The second-order valence-corrected chi connectivity index (χ2v) is 11.6. The zero-order chi connectivity index (χ0) is 33.3. The van der Waals surface area contributed by atoms with E-state index in [-0.39, 0.29) is 23.4 Å². The first-order chi connectivity index (χ1) is 22.8. The Kier molecular flexibility index (Phi) is 11.2. The highest BCUT2D eigenvalue weighted by molar-refractivity contribution is 6.18. The van der Waals surface area contributed by atoms with Gasteiger partial charge in [0, 0.05) is 66.3 Å². The number of carboxylic acid groups (broad SMARTS) is 1. The second kappa shape index (κ2) is 15.7. The lowest BCUT2D eigenvalue weighted by Gasteiger charge is -2.18. The Morgan fingerprint density at radius 2 is 1.57 bits per heavy atom. The van der Waals surface area contributed by atoms with Gasteiger partial charge in [0.1, 0.15) is 11.2 Å². The molecule has 0 aliphatic carbocycles. The van der Waals surface area contributed by atoms with Crippen LogP contribution in [0.3, 0.4) is 0 Å². The molecule has 4 N–H and O–H groups in total. The summed E-state index contributed by atoms with van der Waals surface area (Å²) in [6.07, 6.45) is 4.25. The predicted molar refractivity (Wildman–Crippen MR) is 186 cm³/mol. The first-order valence-electron chi connectivity index (χ1n) is 15.9. The van der Waals surface area contributed by atoms with Gasteiger partial charge in [0.15, 0.2) is 5.43 Å². The fourth-order valence-electron chi connectivity index (χ4n) is 5.65. The molecule has 10 heteroatoms. The molecule has 1 heterocycles. The van der Waals surface area contributed by atoms with Crippen molar-refractivity contribution in [1.82, 2.24) is 5.32 Å². The summed E-state index contributed by atoms with van der Waals surface area (Å²) in [5.74, 6) is -1.47. The van der Waals surface area contributed by atoms with Crippen molar-refractivity contribution >= 4 is 50.3 Å². The first kappa shape index (κ1) is 33.6. The molecule has 0 aliphatic heterocycles. The number of ether oxygens (including phenoxy) is 2. The maximum absolute atomic E-state index is 13.2. The number of rotatable bonds is 16. The number of hydrogen-bond donors (Lipinski definition) is 3. The largest absolute Gasteiger partial charge is 0.478 e. The molecule has 0 unspecified atom stereocenters. The summed E-state index contributed by atoms with van der Waals surface area (Å²) in [5.41, 5.74) is 8.69. The van der Waals surface area contributed by atoms with Crippen molar-refractivity contribution in [3.8, 4) is 11.1 Å². The van der Waals surface area contributed by atoms with Crippen molar-refractivity contribution in [3.63, 3.8) is 0 Å². The highest BCUT2D eigenvalue weighted by Crippen LogP contribution is 2.41. The van der Waals surface area contributed by atoms with Gasteiger partial charge in [-0.3, -0.25) is 9.59 Å². The van der Waals surface area contributed by atoms with Gasteiger partial charge in [-0.05, 0) is 84.9 Å². The molecule has 1 amide bonds. The Bertz CT molecular complexity index is 1950. The van der Waals surface area contributed by atoms with Gasteiger partial charge in [-0.2, -0.15) is 0 Å². The topological polar surface area (TPSA) is 144 Å². The van der Waals surface area contributed by atoms with Crippen molar-refractivity contribution in [3.05, 3.63) is 88.1 Å². The summed E-state index contributed by atoms with van der Waals surface area (Å²) in [4.78, 5) is 39.8. The van der Waals surface area contributed by atoms with E-state index in [2.05, 4.69) is 5.32 Å². The molecule has 5 rings (SSSR count). The number of carbonyl (C=O) groups is 2. The van der Waals surface area contributed by atoms with Gasteiger partial charge in [0.2, 0.25) is 0 Å². The number of hydrogen-bond acceptors (Lipinski definition) is 8. The standard InChI is InChI=1S/C37H41N3O7/c1-40(2)26-9-13-30-33(23-26)47-35-28-14-10-27(41)21-24(28)7-12-31(35)34(30)32-22-25(8-11-29(32)37(43)44)36(42)39-16-18-46-20-19-45-17-6-4-3-5-15-38/h7-14,21-23H,3-6,15-20,38H2,1-2H3,(H,39,42)(H,43,44). The molecule has 0 atom stereocenters. The number of nitrogens with one attached hydrogen (secondary N) is 1. The van der Waals surface area contributed by atoms with Gasteiger partial charge < -0.3 is 34.9 Å². The van der Waals surface area contributed by atoms with E-state index in [0.29, 0.717) is 70.4 Å². The van der Waals surface area contributed by atoms with Crippen LogP contribution in [0.1, 0.15) is 46.4 Å². The van der Waals surface area contributed by atoms with Crippen LogP contribution in [0.25, 0.3) is 43.8 Å². The van der Waals surface area contributed by atoms with E-state index in [1.165, 1.54) is 18.2 Å². The lowest BCUT2D eigenvalue weighted by atomic mass is 9.90. The van der Waals surface area contributed by atoms with E-state index >= 15 is 0 Å². The number of unbranched alkanes of at least 4 members (excludes halogenated alkanes) is 3. The molecular formula is C37H41N3O7. The van der Waals surface area contributed by atoms with Gasteiger partial charge in [-0.1, -0.05) is 18.9 Å². The average molecular weight is 640 g/mol. The van der Waals surface area contributed by atoms with Crippen LogP contribution in [0.2, 0.25) is 0 Å². The molecule has 5 aromatic rings. The minimum atomic E-state index is -1.12. The number of carbonyl (C=O) groups excluding carboxylic acids is 1. The maximum atomic E-state index is 13.2. The number of amides is 1. The fraction of sp³-hybridized carbons (Fsp3) is 0.324. The zero-order valence-corrected chi connectivity index (χ0v) is 26.8. The number of nitrogens with zero attached hydrogens (tertiary/aromatic N) is 1. The molecule has 47 heavy (non-hydrogen) atoms. The van der Waals surface area contributed by atoms with Gasteiger partial charge in [0.25, 0.3) is 5.91 Å². The fourth-order valence-corrected chi connectivity index (χ4v) is 5.65. The normalized spacial score (nSPS) is 11.4. The number of anilines is 1. The van der Waals surface area contributed by atoms with E-state index in [1.54, 1.807) is 18.2 Å². The number of carboxylic acids is 1. The Hall–Kier alpha value is -4.77. The van der Waals surface area contributed by atoms with E-state index in [4.69, 9.17) is 19.6 Å². The Balaban J connectivity index is 1.41. The Morgan fingerprint density at radius 1 is 0.830 bits per heavy atom. The van der Waals surface area contributed by atoms with Crippen LogP contribution in [-0.2, 0) is 9.47 Å². The third-order valence-electron chi connectivity index (χ3n) is 8.10. The Morgan fingerprint density at radius 3 is 2.34 bits per heavy atom. The smallest absolute Gasteiger partial charge is 0.336 e. The van der Waals surface area contributed by atoms with Gasteiger partial charge in [-0.15, -0.1) is 0 Å². The molecular weight excluding hydrogens is 598 g/mol. The molecule has 246 valence electrons. The Labute approximate surface area is 273 Å². The van der Waals surface area contributed by atoms with Crippen molar-refractivity contribution < 1.29 is 28.6 Å². The molecule has 10 nitrogen and oxygen atoms in total. The average Bonchev–Trinajstić information content (AvgIpc) is 3.06.